The van der Waals surface area contributed by atoms with Crippen molar-refractivity contribution in [3.8, 4) is 11.5 Å². The highest BCUT2D eigenvalue weighted by Crippen LogP contribution is 2.24. The molecule has 1 heterocycles. The van der Waals surface area contributed by atoms with Crippen molar-refractivity contribution < 1.29 is 32.6 Å². The van der Waals surface area contributed by atoms with Crippen molar-refractivity contribution in [2.45, 2.75) is 4.90 Å². The standard InChI is InChI=1S/C12H9NO7S/c1-21(18,19)7-4-2-3-6(5-7)10-13-8(11(14)15)9(20-10)12(16)17/h2-5H,1H3,(H,14,15)(H,16,17). The predicted molar refractivity (Wildman–Crippen MR) is 69.0 cm³/mol. The Hall–Kier alpha value is -2.68. The third-order valence-corrected chi connectivity index (χ3v) is 3.64. The highest BCUT2D eigenvalue weighted by atomic mass is 32.2. The number of carbonyl (C=O) groups is 2. The normalized spacial score (nSPS) is 11.3. The third-order valence-electron chi connectivity index (χ3n) is 2.53. The van der Waals surface area contributed by atoms with Gasteiger partial charge >= 0.3 is 11.9 Å². The third kappa shape index (κ3) is 2.92. The van der Waals surface area contributed by atoms with E-state index in [1.165, 1.54) is 24.3 Å². The molecule has 0 atom stereocenters. The fourth-order valence-electron chi connectivity index (χ4n) is 1.59. The first-order chi connectivity index (χ1) is 9.70. The lowest BCUT2D eigenvalue weighted by Gasteiger charge is -2.00. The summed E-state index contributed by atoms with van der Waals surface area (Å²) in [6, 6.07) is 5.41. The van der Waals surface area contributed by atoms with E-state index in [1.807, 2.05) is 0 Å². The van der Waals surface area contributed by atoms with Crippen molar-refractivity contribution in [3.63, 3.8) is 0 Å². The molecule has 8 nitrogen and oxygen atoms in total. The van der Waals surface area contributed by atoms with Crippen LogP contribution in [0, 0.1) is 0 Å². The molecule has 2 aromatic rings. The minimum absolute atomic E-state index is 0.0213. The van der Waals surface area contributed by atoms with Gasteiger partial charge in [-0.05, 0) is 18.2 Å². The lowest BCUT2D eigenvalue weighted by atomic mass is 10.2. The highest BCUT2D eigenvalue weighted by Gasteiger charge is 2.25. The highest BCUT2D eigenvalue weighted by molar-refractivity contribution is 7.90. The SMILES string of the molecule is CS(=O)(=O)c1cccc(-c2nc(C(=O)O)c(C(=O)O)o2)c1. The molecule has 2 rings (SSSR count). The first-order valence-corrected chi connectivity index (χ1v) is 7.37. The fourth-order valence-corrected chi connectivity index (χ4v) is 2.26. The summed E-state index contributed by atoms with van der Waals surface area (Å²) in [4.78, 5) is 25.4. The maximum Gasteiger partial charge on any atom is 0.374 e. The van der Waals surface area contributed by atoms with E-state index in [4.69, 9.17) is 14.6 Å². The monoisotopic (exact) mass is 311 g/mol. The van der Waals surface area contributed by atoms with Gasteiger partial charge in [-0.25, -0.2) is 23.0 Å². The summed E-state index contributed by atoms with van der Waals surface area (Å²) in [6.45, 7) is 0. The van der Waals surface area contributed by atoms with Crippen molar-refractivity contribution in [1.82, 2.24) is 4.98 Å². The maximum atomic E-state index is 11.5. The topological polar surface area (TPSA) is 135 Å². The second-order valence-electron chi connectivity index (χ2n) is 4.11. The van der Waals surface area contributed by atoms with E-state index in [0.717, 1.165) is 6.26 Å². The first-order valence-electron chi connectivity index (χ1n) is 5.48. The van der Waals surface area contributed by atoms with Crippen molar-refractivity contribution in [2.24, 2.45) is 0 Å². The van der Waals surface area contributed by atoms with Crippen LogP contribution in [0.5, 0.6) is 0 Å². The quantitative estimate of drug-likeness (QED) is 0.858. The average molecular weight is 311 g/mol. The number of sulfone groups is 1. The lowest BCUT2D eigenvalue weighted by Crippen LogP contribution is -2.05. The molecule has 0 aliphatic rings. The number of rotatable bonds is 4. The van der Waals surface area contributed by atoms with Gasteiger partial charge in [-0.15, -0.1) is 0 Å². The van der Waals surface area contributed by atoms with Gasteiger partial charge in [-0.1, -0.05) is 6.07 Å². The summed E-state index contributed by atoms with van der Waals surface area (Å²) in [7, 11) is -3.47. The number of carboxylic acids is 2. The molecule has 0 aliphatic carbocycles. The van der Waals surface area contributed by atoms with E-state index in [-0.39, 0.29) is 16.3 Å². The average Bonchev–Trinajstić information content (AvgIpc) is 2.83. The number of oxazole rings is 1. The van der Waals surface area contributed by atoms with Gasteiger partial charge < -0.3 is 14.6 Å². The van der Waals surface area contributed by atoms with E-state index in [9.17, 15) is 18.0 Å². The van der Waals surface area contributed by atoms with Gasteiger partial charge in [0.1, 0.15) is 0 Å². The molecule has 0 aliphatic heterocycles. The maximum absolute atomic E-state index is 11.5. The molecule has 2 N–H and O–H groups in total. The fraction of sp³-hybridized carbons (Fsp3) is 0.0833. The molecule has 1 aromatic heterocycles. The molecule has 0 unspecified atom stereocenters. The molecule has 0 fully saturated rings. The van der Waals surface area contributed by atoms with E-state index in [1.54, 1.807) is 0 Å². The Labute approximate surface area is 118 Å². The molecule has 0 saturated heterocycles. The van der Waals surface area contributed by atoms with Gasteiger partial charge in [-0.2, -0.15) is 0 Å². The zero-order chi connectivity index (χ0) is 15.8. The Morgan fingerprint density at radius 3 is 2.33 bits per heavy atom. The van der Waals surface area contributed by atoms with Gasteiger partial charge in [0.2, 0.25) is 17.3 Å². The molecular formula is C12H9NO7S. The molecule has 21 heavy (non-hydrogen) atoms. The van der Waals surface area contributed by atoms with Gasteiger partial charge in [-0.3, -0.25) is 0 Å². The molecule has 0 radical (unpaired) electrons. The summed E-state index contributed by atoms with van der Waals surface area (Å²) < 4.78 is 27.8. The van der Waals surface area contributed by atoms with Crippen LogP contribution in [-0.4, -0.2) is 41.8 Å². The number of hydrogen-bond acceptors (Lipinski definition) is 6. The summed E-state index contributed by atoms with van der Waals surface area (Å²) in [6.07, 6.45) is 1.01. The van der Waals surface area contributed by atoms with E-state index in [0.29, 0.717) is 0 Å². The van der Waals surface area contributed by atoms with Gasteiger partial charge in [0, 0.05) is 11.8 Å². The van der Waals surface area contributed by atoms with Crippen LogP contribution in [0.2, 0.25) is 0 Å². The van der Waals surface area contributed by atoms with Gasteiger partial charge in [0.05, 0.1) is 4.90 Å². The molecule has 110 valence electrons. The van der Waals surface area contributed by atoms with E-state index < -0.39 is 33.2 Å². The Kier molecular flexibility index (Phi) is 3.52. The van der Waals surface area contributed by atoms with Crippen LogP contribution in [0.3, 0.4) is 0 Å². The van der Waals surface area contributed by atoms with Crippen molar-refractivity contribution in [1.29, 1.82) is 0 Å². The van der Waals surface area contributed by atoms with Crippen molar-refractivity contribution in [3.05, 3.63) is 35.7 Å². The van der Waals surface area contributed by atoms with Crippen LogP contribution in [0.15, 0.2) is 33.6 Å². The lowest BCUT2D eigenvalue weighted by molar-refractivity contribution is 0.0624. The second-order valence-corrected chi connectivity index (χ2v) is 6.12. The van der Waals surface area contributed by atoms with Crippen molar-refractivity contribution >= 4 is 21.8 Å². The van der Waals surface area contributed by atoms with Crippen LogP contribution in [0.4, 0.5) is 0 Å². The number of nitrogens with zero attached hydrogens (tertiary/aromatic N) is 1. The van der Waals surface area contributed by atoms with Gasteiger partial charge in [0.25, 0.3) is 0 Å². The molecule has 1 aromatic carbocycles. The number of aromatic nitrogens is 1. The molecule has 0 amide bonds. The van der Waals surface area contributed by atoms with E-state index >= 15 is 0 Å². The zero-order valence-corrected chi connectivity index (χ0v) is 11.4. The number of hydrogen-bond donors (Lipinski definition) is 2. The summed E-state index contributed by atoms with van der Waals surface area (Å²) in [5.74, 6) is -4.23. The number of benzene rings is 1. The minimum Gasteiger partial charge on any atom is -0.476 e. The smallest absolute Gasteiger partial charge is 0.374 e. The van der Waals surface area contributed by atoms with E-state index in [2.05, 4.69) is 4.98 Å². The van der Waals surface area contributed by atoms with Crippen LogP contribution in [0.25, 0.3) is 11.5 Å². The molecule has 0 bridgehead atoms. The second kappa shape index (κ2) is 5.02. The van der Waals surface area contributed by atoms with Gasteiger partial charge in [0.15, 0.2) is 9.84 Å². The first kappa shape index (κ1) is 14.7. The molecule has 9 heteroatoms. The van der Waals surface area contributed by atoms with Crippen LogP contribution >= 0.6 is 0 Å². The minimum atomic E-state index is -3.47. The summed E-state index contributed by atoms with van der Waals surface area (Å²) >= 11 is 0. The summed E-state index contributed by atoms with van der Waals surface area (Å²) in [5, 5.41) is 17.7. The van der Waals surface area contributed by atoms with Crippen molar-refractivity contribution in [2.75, 3.05) is 6.26 Å². The predicted octanol–water partition coefficient (Wildman–Crippen LogP) is 1.14. The molecular weight excluding hydrogens is 302 g/mol. The van der Waals surface area contributed by atoms with Crippen LogP contribution < -0.4 is 0 Å². The zero-order valence-electron chi connectivity index (χ0n) is 10.6. The Bertz CT molecular complexity index is 804. The number of aromatic carboxylic acids is 2. The molecule has 0 spiro atoms. The Morgan fingerprint density at radius 2 is 1.86 bits per heavy atom. The Morgan fingerprint density at radius 1 is 1.19 bits per heavy atom. The Balaban J connectivity index is 2.60. The number of carboxylic acid groups (broad SMARTS) is 2. The van der Waals surface area contributed by atoms with Crippen LogP contribution in [0.1, 0.15) is 21.0 Å². The van der Waals surface area contributed by atoms with Crippen LogP contribution in [-0.2, 0) is 9.84 Å². The summed E-state index contributed by atoms with van der Waals surface area (Å²) in [5.41, 5.74) is -0.588. The molecule has 0 saturated carbocycles. The largest absolute Gasteiger partial charge is 0.476 e.